The number of benzene rings is 1. The summed E-state index contributed by atoms with van der Waals surface area (Å²) in [5.41, 5.74) is 6.34. The van der Waals surface area contributed by atoms with Crippen LogP contribution in [-0.2, 0) is 6.61 Å². The van der Waals surface area contributed by atoms with Gasteiger partial charge in [0.1, 0.15) is 12.4 Å². The van der Waals surface area contributed by atoms with E-state index in [-0.39, 0.29) is 0 Å². The average Bonchev–Trinajstić information content (AvgIpc) is 2.27. The average molecular weight is 280 g/mol. The summed E-state index contributed by atoms with van der Waals surface area (Å²) in [5, 5.41) is 0. The van der Waals surface area contributed by atoms with Crippen LogP contribution in [-0.4, -0.2) is 9.97 Å². The normalized spacial score (nSPS) is 10.1. The Labute approximate surface area is 102 Å². The molecule has 1 aromatic carbocycles. The first-order chi connectivity index (χ1) is 7.74. The predicted octanol–water partition coefficient (Wildman–Crippen LogP) is 2.40. The summed E-state index contributed by atoms with van der Waals surface area (Å²) in [7, 11) is 0. The molecule has 0 aliphatic rings. The molecule has 0 unspecified atom stereocenters. The maximum atomic E-state index is 5.69. The van der Waals surface area contributed by atoms with Gasteiger partial charge in [0.2, 0.25) is 0 Å². The molecular formula is C11H10BrN3O. The molecule has 0 spiro atoms. The zero-order valence-corrected chi connectivity index (χ0v) is 10.0. The van der Waals surface area contributed by atoms with Crippen LogP contribution in [0.5, 0.6) is 5.75 Å². The van der Waals surface area contributed by atoms with Crippen LogP contribution < -0.4 is 10.5 Å². The molecule has 0 radical (unpaired) electrons. The van der Waals surface area contributed by atoms with Crippen LogP contribution in [0.25, 0.3) is 0 Å². The van der Waals surface area contributed by atoms with E-state index in [4.69, 9.17) is 10.5 Å². The Bertz CT molecular complexity index is 456. The molecule has 16 heavy (non-hydrogen) atoms. The second-order valence-electron chi connectivity index (χ2n) is 3.17. The van der Waals surface area contributed by atoms with Gasteiger partial charge in [-0.05, 0) is 18.2 Å². The first-order valence-electron chi connectivity index (χ1n) is 4.69. The maximum absolute atomic E-state index is 5.69. The molecule has 1 aromatic heterocycles. The second-order valence-corrected chi connectivity index (χ2v) is 4.09. The van der Waals surface area contributed by atoms with E-state index in [0.717, 1.165) is 4.47 Å². The summed E-state index contributed by atoms with van der Waals surface area (Å²) in [6, 6.07) is 7.18. The van der Waals surface area contributed by atoms with E-state index < -0.39 is 0 Å². The number of anilines is 1. The van der Waals surface area contributed by atoms with Crippen LogP contribution in [0.2, 0.25) is 0 Å². The Hall–Kier alpha value is -1.62. The number of aromatic nitrogens is 2. The fourth-order valence-electron chi connectivity index (χ4n) is 1.22. The quantitative estimate of drug-likeness (QED) is 0.877. The molecule has 2 N–H and O–H groups in total. The summed E-state index contributed by atoms with van der Waals surface area (Å²) in [6.07, 6.45) is 3.36. The van der Waals surface area contributed by atoms with E-state index in [1.807, 2.05) is 12.1 Å². The molecule has 0 aliphatic heterocycles. The van der Waals surface area contributed by atoms with Gasteiger partial charge in [-0.1, -0.05) is 15.9 Å². The minimum absolute atomic E-state index is 0.330. The van der Waals surface area contributed by atoms with Gasteiger partial charge in [-0.15, -0.1) is 0 Å². The van der Waals surface area contributed by atoms with Gasteiger partial charge in [0, 0.05) is 28.6 Å². The van der Waals surface area contributed by atoms with E-state index in [0.29, 0.717) is 23.9 Å². The van der Waals surface area contributed by atoms with Gasteiger partial charge < -0.3 is 10.5 Å². The fraction of sp³-hybridized carbons (Fsp3) is 0.0909. The molecule has 0 bridgehead atoms. The zero-order valence-electron chi connectivity index (χ0n) is 8.43. The molecule has 2 rings (SSSR count). The summed E-state index contributed by atoms with van der Waals surface area (Å²) < 4.78 is 6.40. The highest BCUT2D eigenvalue weighted by Crippen LogP contribution is 2.23. The number of nitrogens with zero attached hydrogens (tertiary/aromatic N) is 2. The van der Waals surface area contributed by atoms with Crippen molar-refractivity contribution in [3.05, 3.63) is 47.0 Å². The van der Waals surface area contributed by atoms with Gasteiger partial charge in [0.15, 0.2) is 5.82 Å². The van der Waals surface area contributed by atoms with Crippen LogP contribution >= 0.6 is 15.9 Å². The summed E-state index contributed by atoms with van der Waals surface area (Å²) in [6.45, 7) is 0.330. The molecule has 0 saturated carbocycles. The maximum Gasteiger partial charge on any atom is 0.166 e. The monoisotopic (exact) mass is 279 g/mol. The van der Waals surface area contributed by atoms with Crippen LogP contribution in [0.1, 0.15) is 5.82 Å². The topological polar surface area (TPSA) is 61.0 Å². The van der Waals surface area contributed by atoms with Crippen molar-refractivity contribution >= 4 is 21.6 Å². The van der Waals surface area contributed by atoms with Gasteiger partial charge in [0.25, 0.3) is 0 Å². The molecule has 2 aromatic rings. The lowest BCUT2D eigenvalue weighted by Gasteiger charge is -2.06. The third-order valence-electron chi connectivity index (χ3n) is 1.88. The fourth-order valence-corrected chi connectivity index (χ4v) is 1.71. The molecule has 0 amide bonds. The molecule has 5 heteroatoms. The molecule has 4 nitrogen and oxygen atoms in total. The van der Waals surface area contributed by atoms with Crippen molar-refractivity contribution in [3.63, 3.8) is 0 Å². The van der Waals surface area contributed by atoms with E-state index in [1.54, 1.807) is 24.5 Å². The van der Waals surface area contributed by atoms with Crippen LogP contribution in [0, 0.1) is 0 Å². The molecule has 0 saturated heterocycles. The first-order valence-corrected chi connectivity index (χ1v) is 5.48. The number of rotatable bonds is 3. The number of hydrogen-bond acceptors (Lipinski definition) is 4. The molecule has 82 valence electrons. The highest BCUT2D eigenvalue weighted by atomic mass is 79.9. The predicted molar refractivity (Wildman–Crippen MR) is 64.9 cm³/mol. The van der Waals surface area contributed by atoms with E-state index in [1.165, 1.54) is 0 Å². The smallest absolute Gasteiger partial charge is 0.166 e. The molecule has 0 aliphatic carbocycles. The Morgan fingerprint density at radius 2 is 1.94 bits per heavy atom. The van der Waals surface area contributed by atoms with Crippen molar-refractivity contribution in [2.45, 2.75) is 6.61 Å². The minimum atomic E-state index is 0.330. The Morgan fingerprint density at radius 3 is 2.62 bits per heavy atom. The van der Waals surface area contributed by atoms with Gasteiger partial charge in [-0.2, -0.15) is 0 Å². The SMILES string of the molecule is Nc1cc(Br)cc(OCc2ncccn2)c1. The lowest BCUT2D eigenvalue weighted by molar-refractivity contribution is 0.296. The third kappa shape index (κ3) is 2.93. The molecule has 0 fully saturated rings. The number of ether oxygens (including phenoxy) is 1. The summed E-state index contributed by atoms with van der Waals surface area (Å²) >= 11 is 3.35. The lowest BCUT2D eigenvalue weighted by atomic mass is 10.3. The van der Waals surface area contributed by atoms with Crippen molar-refractivity contribution in [2.24, 2.45) is 0 Å². The number of nitrogens with two attached hydrogens (primary N) is 1. The van der Waals surface area contributed by atoms with Gasteiger partial charge in [0.05, 0.1) is 0 Å². The van der Waals surface area contributed by atoms with Gasteiger partial charge in [-0.25, -0.2) is 9.97 Å². The van der Waals surface area contributed by atoms with E-state index in [2.05, 4.69) is 25.9 Å². The Morgan fingerprint density at radius 1 is 1.19 bits per heavy atom. The van der Waals surface area contributed by atoms with Crippen molar-refractivity contribution in [2.75, 3.05) is 5.73 Å². The minimum Gasteiger partial charge on any atom is -0.485 e. The highest BCUT2D eigenvalue weighted by molar-refractivity contribution is 9.10. The van der Waals surface area contributed by atoms with Gasteiger partial charge in [-0.3, -0.25) is 0 Å². The van der Waals surface area contributed by atoms with Crippen molar-refractivity contribution < 1.29 is 4.74 Å². The van der Waals surface area contributed by atoms with E-state index in [9.17, 15) is 0 Å². The standard InChI is InChI=1S/C11H10BrN3O/c12-8-4-9(13)6-10(5-8)16-7-11-14-2-1-3-15-11/h1-6H,7,13H2. The van der Waals surface area contributed by atoms with Crippen molar-refractivity contribution in [1.29, 1.82) is 0 Å². The number of hydrogen-bond donors (Lipinski definition) is 1. The van der Waals surface area contributed by atoms with E-state index >= 15 is 0 Å². The third-order valence-corrected chi connectivity index (χ3v) is 2.34. The summed E-state index contributed by atoms with van der Waals surface area (Å²) in [5.74, 6) is 1.33. The summed E-state index contributed by atoms with van der Waals surface area (Å²) in [4.78, 5) is 8.12. The second kappa shape index (κ2) is 4.94. The molecular weight excluding hydrogens is 270 g/mol. The van der Waals surface area contributed by atoms with Crippen LogP contribution in [0.3, 0.4) is 0 Å². The number of nitrogen functional groups attached to an aromatic ring is 1. The Kier molecular flexibility index (Phi) is 3.36. The van der Waals surface area contributed by atoms with Crippen molar-refractivity contribution in [1.82, 2.24) is 9.97 Å². The molecule has 1 heterocycles. The zero-order chi connectivity index (χ0) is 11.4. The first kappa shape index (κ1) is 10.9. The molecule has 0 atom stereocenters. The van der Waals surface area contributed by atoms with Gasteiger partial charge >= 0.3 is 0 Å². The Balaban J connectivity index is 2.05. The van der Waals surface area contributed by atoms with Crippen molar-refractivity contribution in [3.8, 4) is 5.75 Å². The lowest BCUT2D eigenvalue weighted by Crippen LogP contribution is -2.00. The largest absolute Gasteiger partial charge is 0.485 e. The van der Waals surface area contributed by atoms with Crippen LogP contribution in [0.4, 0.5) is 5.69 Å². The number of halogens is 1. The highest BCUT2D eigenvalue weighted by Gasteiger charge is 2.00. The van der Waals surface area contributed by atoms with Crippen LogP contribution in [0.15, 0.2) is 41.1 Å².